The van der Waals surface area contributed by atoms with Crippen LogP contribution in [0.2, 0.25) is 0 Å². The molecule has 0 unspecified atom stereocenters. The fourth-order valence-electron chi connectivity index (χ4n) is 2.86. The Labute approximate surface area is 146 Å². The molecule has 1 aliphatic rings. The molecule has 2 aromatic rings. The van der Waals surface area contributed by atoms with Gasteiger partial charge < -0.3 is 9.88 Å². The van der Waals surface area contributed by atoms with E-state index in [0.29, 0.717) is 16.7 Å². The predicted octanol–water partition coefficient (Wildman–Crippen LogP) is 2.81. The molecule has 1 aromatic carbocycles. The van der Waals surface area contributed by atoms with Crippen molar-refractivity contribution in [3.8, 4) is 0 Å². The highest BCUT2D eigenvalue weighted by Gasteiger charge is 2.32. The van der Waals surface area contributed by atoms with Crippen molar-refractivity contribution in [1.82, 2.24) is 9.55 Å². The van der Waals surface area contributed by atoms with Crippen molar-refractivity contribution in [3.63, 3.8) is 0 Å². The van der Waals surface area contributed by atoms with Crippen molar-refractivity contribution in [2.24, 2.45) is 7.05 Å². The lowest BCUT2D eigenvalue weighted by molar-refractivity contribution is -0.116. The molecule has 1 aliphatic heterocycles. The zero-order chi connectivity index (χ0) is 18.1. The fourth-order valence-corrected chi connectivity index (χ4v) is 3.56. The standard InChI is InChI=1S/C17H15F2N3O2S/c1-3-4-25-17-21-16(24)14-12(8-13(23)20-15(14)22(17)2)9-5-10(18)7-11(19)6-9/h3,5-7,12H,1,4,8H2,2H3,(H,20,23)/t12-/m0/s1. The second kappa shape index (κ2) is 6.79. The van der Waals surface area contributed by atoms with Gasteiger partial charge in [-0.2, -0.15) is 4.98 Å². The van der Waals surface area contributed by atoms with E-state index in [1.807, 2.05) is 0 Å². The number of benzene rings is 1. The van der Waals surface area contributed by atoms with Crippen molar-refractivity contribution in [2.75, 3.05) is 11.1 Å². The molecule has 0 saturated carbocycles. The molecule has 2 heterocycles. The van der Waals surface area contributed by atoms with E-state index in [-0.39, 0.29) is 23.5 Å². The van der Waals surface area contributed by atoms with Crippen LogP contribution in [-0.4, -0.2) is 21.2 Å². The quantitative estimate of drug-likeness (QED) is 0.515. The van der Waals surface area contributed by atoms with E-state index >= 15 is 0 Å². The number of aromatic nitrogens is 2. The summed E-state index contributed by atoms with van der Waals surface area (Å²) < 4.78 is 28.8. The van der Waals surface area contributed by atoms with Gasteiger partial charge in [-0.25, -0.2) is 8.78 Å². The van der Waals surface area contributed by atoms with Crippen LogP contribution in [0.1, 0.15) is 23.5 Å². The van der Waals surface area contributed by atoms with Crippen LogP contribution in [0, 0.1) is 11.6 Å². The molecule has 25 heavy (non-hydrogen) atoms. The van der Waals surface area contributed by atoms with Crippen LogP contribution < -0.4 is 10.9 Å². The average molecular weight is 363 g/mol. The zero-order valence-corrected chi connectivity index (χ0v) is 14.2. The molecule has 8 heteroatoms. The molecule has 0 saturated heterocycles. The van der Waals surface area contributed by atoms with Gasteiger partial charge in [-0.05, 0) is 17.7 Å². The number of carbonyl (C=O) groups is 1. The Bertz CT molecular complexity index is 907. The third kappa shape index (κ3) is 3.34. The summed E-state index contributed by atoms with van der Waals surface area (Å²) in [5.74, 6) is -1.75. The van der Waals surface area contributed by atoms with Gasteiger partial charge in [0.05, 0.1) is 5.56 Å². The summed E-state index contributed by atoms with van der Waals surface area (Å²) in [7, 11) is 1.67. The van der Waals surface area contributed by atoms with Gasteiger partial charge in [-0.3, -0.25) is 9.59 Å². The second-order valence-electron chi connectivity index (χ2n) is 5.63. The first-order valence-electron chi connectivity index (χ1n) is 7.51. The first-order valence-corrected chi connectivity index (χ1v) is 8.49. The summed E-state index contributed by atoms with van der Waals surface area (Å²) in [4.78, 5) is 28.7. The van der Waals surface area contributed by atoms with E-state index < -0.39 is 23.1 Å². The van der Waals surface area contributed by atoms with Gasteiger partial charge in [0.25, 0.3) is 5.56 Å². The van der Waals surface area contributed by atoms with Gasteiger partial charge in [0.15, 0.2) is 5.16 Å². The molecule has 130 valence electrons. The highest BCUT2D eigenvalue weighted by atomic mass is 32.2. The van der Waals surface area contributed by atoms with Gasteiger partial charge in [-0.15, -0.1) is 6.58 Å². The first kappa shape index (κ1) is 17.3. The number of nitrogens with zero attached hydrogens (tertiary/aromatic N) is 2. The molecule has 0 aliphatic carbocycles. The van der Waals surface area contributed by atoms with Crippen molar-refractivity contribution >= 4 is 23.5 Å². The van der Waals surface area contributed by atoms with Gasteiger partial charge in [-0.1, -0.05) is 17.8 Å². The maximum atomic E-state index is 13.6. The number of fused-ring (bicyclic) bond motifs is 1. The van der Waals surface area contributed by atoms with Crippen molar-refractivity contribution in [2.45, 2.75) is 17.5 Å². The highest BCUT2D eigenvalue weighted by Crippen LogP contribution is 2.36. The molecule has 1 amide bonds. The number of nitrogens with one attached hydrogen (secondary N) is 1. The SMILES string of the molecule is C=CCSc1nc(=O)c2c(n1C)NC(=O)C[C@H]2c1cc(F)cc(F)c1. The van der Waals surface area contributed by atoms with E-state index in [2.05, 4.69) is 16.9 Å². The summed E-state index contributed by atoms with van der Waals surface area (Å²) in [6.07, 6.45) is 1.60. The molecule has 1 atom stereocenters. The number of halogens is 2. The van der Waals surface area contributed by atoms with Crippen LogP contribution in [0.4, 0.5) is 14.6 Å². The van der Waals surface area contributed by atoms with E-state index in [0.717, 1.165) is 18.2 Å². The molecule has 1 aromatic heterocycles. The third-order valence-electron chi connectivity index (χ3n) is 3.92. The van der Waals surface area contributed by atoms with Crippen LogP contribution in [0.25, 0.3) is 0 Å². The Morgan fingerprint density at radius 3 is 2.68 bits per heavy atom. The number of anilines is 1. The number of rotatable bonds is 4. The Morgan fingerprint density at radius 2 is 2.04 bits per heavy atom. The maximum Gasteiger partial charge on any atom is 0.279 e. The van der Waals surface area contributed by atoms with Crippen LogP contribution in [-0.2, 0) is 11.8 Å². The van der Waals surface area contributed by atoms with Crippen LogP contribution in [0.3, 0.4) is 0 Å². The zero-order valence-electron chi connectivity index (χ0n) is 13.4. The monoisotopic (exact) mass is 363 g/mol. The van der Waals surface area contributed by atoms with Crippen molar-refractivity contribution in [1.29, 1.82) is 0 Å². The summed E-state index contributed by atoms with van der Waals surface area (Å²) in [5.41, 5.74) is -0.0524. The highest BCUT2D eigenvalue weighted by molar-refractivity contribution is 7.99. The Balaban J connectivity index is 2.18. The number of thioether (sulfide) groups is 1. The number of carbonyl (C=O) groups excluding carboxylic acids is 1. The smallest absolute Gasteiger partial charge is 0.279 e. The van der Waals surface area contributed by atoms with Crippen molar-refractivity contribution in [3.05, 3.63) is 64.0 Å². The largest absolute Gasteiger partial charge is 0.312 e. The van der Waals surface area contributed by atoms with Crippen LogP contribution >= 0.6 is 11.8 Å². The lowest BCUT2D eigenvalue weighted by Crippen LogP contribution is -2.33. The fraction of sp³-hybridized carbons (Fsp3) is 0.235. The van der Waals surface area contributed by atoms with Gasteiger partial charge in [0.1, 0.15) is 17.5 Å². The lowest BCUT2D eigenvalue weighted by atomic mass is 9.86. The normalized spacial score (nSPS) is 16.3. The minimum absolute atomic E-state index is 0.0774. The predicted molar refractivity (Wildman–Crippen MR) is 91.8 cm³/mol. The summed E-state index contributed by atoms with van der Waals surface area (Å²) in [6, 6.07) is 3.02. The molecule has 0 fully saturated rings. The Kier molecular flexibility index (Phi) is 4.71. The molecular formula is C17H15F2N3O2S. The second-order valence-corrected chi connectivity index (χ2v) is 6.62. The lowest BCUT2D eigenvalue weighted by Gasteiger charge is -2.27. The summed E-state index contributed by atoms with van der Waals surface area (Å²) >= 11 is 1.30. The minimum atomic E-state index is -0.759. The Hall–Kier alpha value is -2.48. The number of hydrogen-bond acceptors (Lipinski definition) is 4. The number of amides is 1. The van der Waals surface area contributed by atoms with Gasteiger partial charge >= 0.3 is 0 Å². The van der Waals surface area contributed by atoms with Crippen molar-refractivity contribution < 1.29 is 13.6 Å². The van der Waals surface area contributed by atoms with Gasteiger partial charge in [0.2, 0.25) is 5.91 Å². The summed E-state index contributed by atoms with van der Waals surface area (Å²) in [6.45, 7) is 3.62. The van der Waals surface area contributed by atoms with Crippen LogP contribution in [0.15, 0.2) is 40.8 Å². The van der Waals surface area contributed by atoms with E-state index in [4.69, 9.17) is 0 Å². The van der Waals surface area contributed by atoms with Gasteiger partial charge in [0, 0.05) is 31.2 Å². The van der Waals surface area contributed by atoms with E-state index in [1.54, 1.807) is 17.7 Å². The molecule has 0 bridgehead atoms. The number of hydrogen-bond donors (Lipinski definition) is 1. The molecule has 3 rings (SSSR count). The molecule has 1 N–H and O–H groups in total. The topological polar surface area (TPSA) is 64.0 Å². The molecular weight excluding hydrogens is 348 g/mol. The first-order chi connectivity index (χ1) is 11.9. The maximum absolute atomic E-state index is 13.6. The van der Waals surface area contributed by atoms with Crippen LogP contribution in [0.5, 0.6) is 0 Å². The van der Waals surface area contributed by atoms with E-state index in [1.165, 1.54) is 11.8 Å². The molecule has 5 nitrogen and oxygen atoms in total. The Morgan fingerprint density at radius 1 is 1.36 bits per heavy atom. The average Bonchev–Trinajstić information content (AvgIpc) is 2.55. The van der Waals surface area contributed by atoms with E-state index in [9.17, 15) is 18.4 Å². The summed E-state index contributed by atoms with van der Waals surface area (Å²) in [5, 5.41) is 3.10. The minimum Gasteiger partial charge on any atom is -0.312 e. The molecule has 0 spiro atoms. The third-order valence-corrected chi connectivity index (χ3v) is 4.94. The molecule has 0 radical (unpaired) electrons.